The van der Waals surface area contributed by atoms with Crippen LogP contribution in [0.5, 0.6) is 0 Å². The first-order chi connectivity index (χ1) is 14.8. The number of alkyl halides is 11. The van der Waals surface area contributed by atoms with Gasteiger partial charge in [-0.25, -0.2) is 22.0 Å². The molecule has 1 saturated carbocycles. The van der Waals surface area contributed by atoms with Crippen molar-refractivity contribution in [2.24, 2.45) is 11.8 Å². The molecule has 0 bridgehead atoms. The minimum Gasteiger partial charge on any atom is -0.462 e. The molecule has 4 unspecified atom stereocenters. The van der Waals surface area contributed by atoms with Gasteiger partial charge in [0.25, 0.3) is 11.5 Å². The zero-order chi connectivity index (χ0) is 27.3. The molecule has 0 aromatic carbocycles. The molecule has 34 heavy (non-hydrogen) atoms. The molecular weight excluding hydrogens is 501 g/mol. The highest BCUT2D eigenvalue weighted by atomic mass is 19.4. The summed E-state index contributed by atoms with van der Waals surface area (Å²) in [5.74, 6) is -17.1. The molecule has 0 amide bonds. The zero-order valence-electron chi connectivity index (χ0n) is 18.4. The second-order valence-corrected chi connectivity index (χ2v) is 9.25. The van der Waals surface area contributed by atoms with Gasteiger partial charge in [0, 0.05) is 25.7 Å². The van der Waals surface area contributed by atoms with Gasteiger partial charge in [-0.1, -0.05) is 6.92 Å². The number of carbonyl (C=O) groups excluding carboxylic acids is 1. The lowest BCUT2D eigenvalue weighted by Gasteiger charge is -2.38. The Hall–Kier alpha value is -1.38. The van der Waals surface area contributed by atoms with E-state index >= 15 is 0 Å². The molecular formula is C19H25F11O4. The Labute approximate surface area is 187 Å². The van der Waals surface area contributed by atoms with Crippen LogP contribution in [-0.2, 0) is 9.53 Å². The molecule has 1 fully saturated rings. The largest absolute Gasteiger partial charge is 0.462 e. The van der Waals surface area contributed by atoms with Crippen LogP contribution in [0.4, 0.5) is 48.3 Å². The van der Waals surface area contributed by atoms with Crippen LogP contribution < -0.4 is 0 Å². The first-order valence-electron chi connectivity index (χ1n) is 9.99. The normalized spacial score (nSPS) is 27.6. The first kappa shape index (κ1) is 30.7. The summed E-state index contributed by atoms with van der Waals surface area (Å²) in [5.41, 5.74) is -12.2. The van der Waals surface area contributed by atoms with Crippen LogP contribution in [0.2, 0.25) is 0 Å². The predicted octanol–water partition coefficient (Wildman–Crippen LogP) is 5.35. The molecule has 2 N–H and O–H groups in total. The Morgan fingerprint density at radius 3 is 1.68 bits per heavy atom. The van der Waals surface area contributed by atoms with E-state index in [0.29, 0.717) is 0 Å². The summed E-state index contributed by atoms with van der Waals surface area (Å²) in [5, 5.41) is 19.2. The van der Waals surface area contributed by atoms with Gasteiger partial charge < -0.3 is 14.9 Å². The van der Waals surface area contributed by atoms with Crippen LogP contribution in [-0.4, -0.2) is 63.4 Å². The topological polar surface area (TPSA) is 66.8 Å². The Bertz CT molecular complexity index is 722. The van der Waals surface area contributed by atoms with Crippen molar-refractivity contribution in [3.63, 3.8) is 0 Å². The standard InChI is InChI=1S/C19H25F11O4/c1-5-9-6-11(17(23,24)16(9,22)14(4,20)21)12(31)34-10(7-13(2,3)32)8-15(33,18(25,26)27)19(28,29)30/h9-11,32-33H,5-8H2,1-4H3. The smallest absolute Gasteiger partial charge is 0.426 e. The number of carbonyl (C=O) groups is 1. The summed E-state index contributed by atoms with van der Waals surface area (Å²) in [6, 6.07) is 0. The zero-order valence-corrected chi connectivity index (χ0v) is 18.4. The lowest BCUT2D eigenvalue weighted by atomic mass is 9.83. The Morgan fingerprint density at radius 2 is 1.38 bits per heavy atom. The maximum Gasteiger partial charge on any atom is 0.426 e. The monoisotopic (exact) mass is 526 g/mol. The third kappa shape index (κ3) is 5.39. The molecule has 0 saturated heterocycles. The van der Waals surface area contributed by atoms with Gasteiger partial charge in [-0.05, 0) is 26.7 Å². The van der Waals surface area contributed by atoms with Crippen molar-refractivity contribution in [3.05, 3.63) is 0 Å². The van der Waals surface area contributed by atoms with E-state index in [1.807, 2.05) is 0 Å². The van der Waals surface area contributed by atoms with Gasteiger partial charge in [0.15, 0.2) is 0 Å². The highest BCUT2D eigenvalue weighted by Crippen LogP contribution is 2.61. The summed E-state index contributed by atoms with van der Waals surface area (Å²) in [6.07, 6.45) is -20.9. The van der Waals surface area contributed by atoms with Gasteiger partial charge in [-0.15, -0.1) is 0 Å². The van der Waals surface area contributed by atoms with Crippen molar-refractivity contribution in [2.75, 3.05) is 0 Å². The van der Waals surface area contributed by atoms with Crippen molar-refractivity contribution in [3.8, 4) is 0 Å². The molecule has 4 nitrogen and oxygen atoms in total. The van der Waals surface area contributed by atoms with E-state index in [1.54, 1.807) is 0 Å². The van der Waals surface area contributed by atoms with Gasteiger partial charge in [0.05, 0.1) is 5.60 Å². The summed E-state index contributed by atoms with van der Waals surface area (Å²) in [6.45, 7) is 2.66. The third-order valence-corrected chi connectivity index (χ3v) is 5.89. The van der Waals surface area contributed by atoms with Crippen molar-refractivity contribution in [1.82, 2.24) is 0 Å². The van der Waals surface area contributed by atoms with Crippen molar-refractivity contribution in [2.45, 2.75) is 101 Å². The minimum atomic E-state index is -6.36. The number of rotatable bonds is 8. The Balaban J connectivity index is 3.39. The summed E-state index contributed by atoms with van der Waals surface area (Å²) < 4.78 is 155. The van der Waals surface area contributed by atoms with Crippen LogP contribution in [0.1, 0.15) is 53.4 Å². The number of hydrogen-bond acceptors (Lipinski definition) is 4. The van der Waals surface area contributed by atoms with Gasteiger partial charge in [0.1, 0.15) is 12.0 Å². The van der Waals surface area contributed by atoms with Gasteiger partial charge >= 0.3 is 24.2 Å². The van der Waals surface area contributed by atoms with Crippen molar-refractivity contribution >= 4 is 5.97 Å². The molecule has 0 aliphatic heterocycles. The molecule has 0 spiro atoms. The van der Waals surface area contributed by atoms with Gasteiger partial charge in [-0.3, -0.25) is 4.79 Å². The molecule has 0 aromatic heterocycles. The summed E-state index contributed by atoms with van der Waals surface area (Å²) in [7, 11) is 0. The van der Waals surface area contributed by atoms with Crippen LogP contribution in [0.3, 0.4) is 0 Å². The molecule has 15 heteroatoms. The van der Waals surface area contributed by atoms with Crippen LogP contribution >= 0.6 is 0 Å². The highest BCUT2D eigenvalue weighted by Gasteiger charge is 2.79. The van der Waals surface area contributed by atoms with Crippen LogP contribution in [0.25, 0.3) is 0 Å². The number of hydrogen-bond donors (Lipinski definition) is 2. The lowest BCUT2D eigenvalue weighted by Crippen LogP contribution is -2.59. The van der Waals surface area contributed by atoms with E-state index < -0.39 is 90.7 Å². The fourth-order valence-corrected chi connectivity index (χ4v) is 4.14. The van der Waals surface area contributed by atoms with Gasteiger partial charge in [0.2, 0.25) is 5.67 Å². The van der Waals surface area contributed by atoms with E-state index in [9.17, 15) is 63.3 Å². The van der Waals surface area contributed by atoms with Crippen LogP contribution in [0, 0.1) is 11.8 Å². The second-order valence-electron chi connectivity index (χ2n) is 9.25. The summed E-state index contributed by atoms with van der Waals surface area (Å²) in [4.78, 5) is 12.4. The molecule has 0 radical (unpaired) electrons. The molecule has 202 valence electrons. The van der Waals surface area contributed by atoms with E-state index in [4.69, 9.17) is 0 Å². The first-order valence-corrected chi connectivity index (χ1v) is 9.99. The molecule has 1 rings (SSSR count). The summed E-state index contributed by atoms with van der Waals surface area (Å²) >= 11 is 0. The van der Waals surface area contributed by atoms with E-state index in [0.717, 1.165) is 20.8 Å². The second kappa shape index (κ2) is 8.93. The average molecular weight is 526 g/mol. The number of esters is 1. The predicted molar refractivity (Wildman–Crippen MR) is 93.8 cm³/mol. The van der Waals surface area contributed by atoms with Gasteiger partial charge in [-0.2, -0.15) is 26.3 Å². The fraction of sp³-hybridized carbons (Fsp3) is 0.947. The van der Waals surface area contributed by atoms with E-state index in [-0.39, 0.29) is 6.92 Å². The third-order valence-electron chi connectivity index (χ3n) is 5.89. The number of ether oxygens (including phenoxy) is 1. The maximum atomic E-state index is 15.0. The highest BCUT2D eigenvalue weighted by molar-refractivity contribution is 5.75. The van der Waals surface area contributed by atoms with E-state index in [1.165, 1.54) is 0 Å². The quantitative estimate of drug-likeness (QED) is 0.331. The molecule has 1 aliphatic rings. The lowest BCUT2D eigenvalue weighted by molar-refractivity contribution is -0.374. The molecule has 4 atom stereocenters. The average Bonchev–Trinajstić information content (AvgIpc) is 2.78. The van der Waals surface area contributed by atoms with Crippen molar-refractivity contribution in [1.29, 1.82) is 0 Å². The van der Waals surface area contributed by atoms with Crippen molar-refractivity contribution < 1.29 is 68.0 Å². The Kier molecular flexibility index (Phi) is 8.05. The SMILES string of the molecule is CCC1CC(C(=O)OC(CC(C)(C)O)CC(O)(C(F)(F)F)C(F)(F)F)C(F)(F)C1(F)C(C)(F)F. The molecule has 0 aromatic rings. The van der Waals surface area contributed by atoms with E-state index in [2.05, 4.69) is 4.74 Å². The fourth-order valence-electron chi connectivity index (χ4n) is 4.14. The number of halogens is 11. The Morgan fingerprint density at radius 1 is 0.941 bits per heavy atom. The minimum absolute atomic E-state index is 0.152. The molecule has 1 aliphatic carbocycles. The van der Waals surface area contributed by atoms with Crippen LogP contribution in [0.15, 0.2) is 0 Å². The number of aliphatic hydroxyl groups is 2. The molecule has 0 heterocycles. The maximum absolute atomic E-state index is 15.0.